The van der Waals surface area contributed by atoms with Crippen molar-refractivity contribution in [3.8, 4) is 23.6 Å². The van der Waals surface area contributed by atoms with E-state index in [1.165, 1.54) is 6.07 Å². The van der Waals surface area contributed by atoms with Crippen LogP contribution in [-0.2, 0) is 6.54 Å². The minimum Gasteiger partial charge on any atom is -0.477 e. The lowest BCUT2D eigenvalue weighted by molar-refractivity contribution is 0.0695. The number of nitrogens with zero attached hydrogens (tertiary/aromatic N) is 1. The van der Waals surface area contributed by atoms with Gasteiger partial charge in [0.1, 0.15) is 5.56 Å². The fourth-order valence-corrected chi connectivity index (χ4v) is 2.84. The topological polar surface area (TPSA) is 59.3 Å². The number of carboxylic acids is 1. The molecule has 0 amide bonds. The molecule has 0 fully saturated rings. The summed E-state index contributed by atoms with van der Waals surface area (Å²) in [5, 5.41) is 10.1. The third-order valence-electron chi connectivity index (χ3n) is 3.59. The van der Waals surface area contributed by atoms with Crippen LogP contribution in [0.15, 0.2) is 23.0 Å². The average Bonchev–Trinajstić information content (AvgIpc) is 2.49. The summed E-state index contributed by atoms with van der Waals surface area (Å²) in [6, 6.07) is 4.71. The molecule has 0 unspecified atom stereocenters. The minimum absolute atomic E-state index is 0.0491. The third-order valence-corrected chi connectivity index (χ3v) is 4.33. The van der Waals surface area contributed by atoms with E-state index in [0.717, 1.165) is 0 Å². The molecule has 0 spiro atoms. The second kappa shape index (κ2) is 6.49. The first kappa shape index (κ1) is 17.1. The Hall–Kier alpha value is -2.22. The molecule has 0 radical (unpaired) electrons. The molecule has 0 aliphatic rings. The second-order valence-electron chi connectivity index (χ2n) is 4.84. The van der Waals surface area contributed by atoms with Crippen molar-refractivity contribution in [1.82, 2.24) is 4.57 Å². The summed E-state index contributed by atoms with van der Waals surface area (Å²) >= 11 is 11.9. The van der Waals surface area contributed by atoms with Gasteiger partial charge in [0, 0.05) is 17.8 Å². The molecule has 1 aromatic carbocycles. The van der Waals surface area contributed by atoms with Gasteiger partial charge in [-0.15, -0.1) is 6.42 Å². The first-order valence-electron chi connectivity index (χ1n) is 6.76. The molecule has 1 N–H and O–H groups in total. The Morgan fingerprint density at radius 3 is 2.48 bits per heavy atom. The first-order valence-corrected chi connectivity index (χ1v) is 7.51. The summed E-state index contributed by atoms with van der Waals surface area (Å²) in [5.74, 6) is 0.951. The van der Waals surface area contributed by atoms with Crippen LogP contribution in [0.2, 0.25) is 10.0 Å². The SMILES string of the molecule is C#Cc1c(C)n(CC)c(-c2ccc(Cl)c(Cl)c2)c(C(=O)O)c1=O. The Labute approximate surface area is 143 Å². The van der Waals surface area contributed by atoms with Crippen LogP contribution < -0.4 is 5.43 Å². The fourth-order valence-electron chi connectivity index (χ4n) is 2.54. The first-order chi connectivity index (χ1) is 10.8. The molecule has 2 aromatic rings. The maximum Gasteiger partial charge on any atom is 0.341 e. The molecule has 1 heterocycles. The molecular formula is C17H13Cl2NO3. The highest BCUT2D eigenvalue weighted by atomic mass is 35.5. The van der Waals surface area contributed by atoms with Crippen LogP contribution in [0, 0.1) is 19.3 Å². The van der Waals surface area contributed by atoms with Gasteiger partial charge >= 0.3 is 5.97 Å². The minimum atomic E-state index is -1.34. The van der Waals surface area contributed by atoms with Gasteiger partial charge in [0.05, 0.1) is 21.3 Å². The van der Waals surface area contributed by atoms with Crippen molar-refractivity contribution in [3.63, 3.8) is 0 Å². The number of carbonyl (C=O) groups is 1. The van der Waals surface area contributed by atoms with Crippen molar-refractivity contribution >= 4 is 29.2 Å². The van der Waals surface area contributed by atoms with E-state index < -0.39 is 11.4 Å². The standard InChI is InChI=1S/C17H13Cl2NO3/c1-4-11-9(3)20(5-2)15(14(16(11)21)17(22)23)10-6-7-12(18)13(19)8-10/h1,6-8H,5H2,2-3H3,(H,22,23). The van der Waals surface area contributed by atoms with Gasteiger partial charge in [-0.1, -0.05) is 35.2 Å². The largest absolute Gasteiger partial charge is 0.477 e. The van der Waals surface area contributed by atoms with Crippen molar-refractivity contribution < 1.29 is 9.90 Å². The summed E-state index contributed by atoms with van der Waals surface area (Å²) in [7, 11) is 0. The molecule has 0 atom stereocenters. The van der Waals surface area contributed by atoms with Crippen LogP contribution in [-0.4, -0.2) is 15.6 Å². The van der Waals surface area contributed by atoms with Crippen LogP contribution in [0.3, 0.4) is 0 Å². The zero-order chi connectivity index (χ0) is 17.3. The lowest BCUT2D eigenvalue weighted by Crippen LogP contribution is -2.26. The van der Waals surface area contributed by atoms with Crippen molar-refractivity contribution in [3.05, 3.63) is 55.3 Å². The quantitative estimate of drug-likeness (QED) is 0.856. The van der Waals surface area contributed by atoms with Gasteiger partial charge in [-0.2, -0.15) is 0 Å². The Morgan fingerprint density at radius 1 is 1.35 bits per heavy atom. The molecule has 0 aliphatic heterocycles. The highest BCUT2D eigenvalue weighted by Gasteiger charge is 2.24. The molecule has 118 valence electrons. The highest BCUT2D eigenvalue weighted by Crippen LogP contribution is 2.31. The van der Waals surface area contributed by atoms with Gasteiger partial charge in [0.25, 0.3) is 0 Å². The van der Waals surface area contributed by atoms with Gasteiger partial charge in [-0.05, 0) is 26.0 Å². The molecule has 2 rings (SSSR count). The molecule has 23 heavy (non-hydrogen) atoms. The molecular weight excluding hydrogens is 337 g/mol. The molecule has 6 heteroatoms. The smallest absolute Gasteiger partial charge is 0.341 e. The van der Waals surface area contributed by atoms with Gasteiger partial charge in [0.2, 0.25) is 5.43 Å². The van der Waals surface area contributed by atoms with E-state index in [4.69, 9.17) is 29.6 Å². The maximum absolute atomic E-state index is 12.5. The predicted octanol–water partition coefficient (Wildman–Crippen LogP) is 3.83. The van der Waals surface area contributed by atoms with Gasteiger partial charge in [-0.3, -0.25) is 4.79 Å². The second-order valence-corrected chi connectivity index (χ2v) is 5.65. The van der Waals surface area contributed by atoms with Crippen molar-refractivity contribution in [2.75, 3.05) is 0 Å². The highest BCUT2D eigenvalue weighted by molar-refractivity contribution is 6.42. The van der Waals surface area contributed by atoms with Crippen molar-refractivity contribution in [2.45, 2.75) is 20.4 Å². The number of pyridine rings is 1. The Morgan fingerprint density at radius 2 is 2.00 bits per heavy atom. The summed E-state index contributed by atoms with van der Waals surface area (Å²) < 4.78 is 1.69. The predicted molar refractivity (Wildman–Crippen MR) is 91.5 cm³/mol. The summed E-state index contributed by atoms with van der Waals surface area (Å²) in [6.07, 6.45) is 5.38. The van der Waals surface area contributed by atoms with Gasteiger partial charge in [-0.25, -0.2) is 4.79 Å². The van der Waals surface area contributed by atoms with Gasteiger partial charge in [0.15, 0.2) is 0 Å². The van der Waals surface area contributed by atoms with Crippen LogP contribution >= 0.6 is 23.2 Å². The lowest BCUT2D eigenvalue weighted by atomic mass is 10.0. The molecule has 4 nitrogen and oxygen atoms in total. The maximum atomic E-state index is 12.5. The normalized spacial score (nSPS) is 10.4. The van der Waals surface area contributed by atoms with E-state index in [-0.39, 0.29) is 21.8 Å². The molecule has 0 bridgehead atoms. The molecule has 0 saturated carbocycles. The van der Waals surface area contributed by atoms with Crippen molar-refractivity contribution in [1.29, 1.82) is 0 Å². The van der Waals surface area contributed by atoms with E-state index in [9.17, 15) is 14.7 Å². The van der Waals surface area contributed by atoms with Crippen LogP contribution in [0.4, 0.5) is 0 Å². The number of aromatic nitrogens is 1. The monoisotopic (exact) mass is 349 g/mol. The number of rotatable bonds is 3. The van der Waals surface area contributed by atoms with E-state index in [2.05, 4.69) is 5.92 Å². The summed E-state index contributed by atoms with van der Waals surface area (Å²) in [4.78, 5) is 24.2. The number of hydrogen-bond acceptors (Lipinski definition) is 2. The summed E-state index contributed by atoms with van der Waals surface area (Å²) in [5.41, 5.74) is 0.286. The van der Waals surface area contributed by atoms with Crippen LogP contribution in [0.5, 0.6) is 0 Å². The number of carboxylic acid groups (broad SMARTS) is 1. The third kappa shape index (κ3) is 2.86. The van der Waals surface area contributed by atoms with Gasteiger partial charge < -0.3 is 9.67 Å². The average molecular weight is 350 g/mol. The lowest BCUT2D eigenvalue weighted by Gasteiger charge is -2.19. The fraction of sp³-hybridized carbons (Fsp3) is 0.176. The zero-order valence-corrected chi connectivity index (χ0v) is 14.0. The number of benzene rings is 1. The summed E-state index contributed by atoms with van der Waals surface area (Å²) in [6.45, 7) is 3.97. The molecule has 0 saturated heterocycles. The zero-order valence-electron chi connectivity index (χ0n) is 12.5. The molecule has 0 aliphatic carbocycles. The number of hydrogen-bond donors (Lipinski definition) is 1. The van der Waals surface area contributed by atoms with Crippen molar-refractivity contribution in [2.24, 2.45) is 0 Å². The Kier molecular flexibility index (Phi) is 4.84. The van der Waals surface area contributed by atoms with Crippen LogP contribution in [0.25, 0.3) is 11.3 Å². The van der Waals surface area contributed by atoms with Crippen LogP contribution in [0.1, 0.15) is 28.5 Å². The Balaban J connectivity index is 3.02. The molecule has 1 aromatic heterocycles. The number of terminal acetylenes is 1. The Bertz CT molecular complexity index is 908. The van der Waals surface area contributed by atoms with E-state index in [1.807, 2.05) is 6.92 Å². The van der Waals surface area contributed by atoms with E-state index in [1.54, 1.807) is 23.6 Å². The van der Waals surface area contributed by atoms with E-state index >= 15 is 0 Å². The van der Waals surface area contributed by atoms with E-state index in [0.29, 0.717) is 22.8 Å². The number of halogens is 2. The number of aromatic carboxylic acids is 1.